The molecule has 0 bridgehead atoms. The van der Waals surface area contributed by atoms with Crippen molar-refractivity contribution in [3.8, 4) is 11.6 Å². The third kappa shape index (κ3) is 4.16. The lowest BCUT2D eigenvalue weighted by molar-refractivity contribution is 0.0950. The number of benzene rings is 1. The van der Waals surface area contributed by atoms with Crippen molar-refractivity contribution in [2.45, 2.75) is 20.4 Å². The molecule has 132 valence electrons. The summed E-state index contributed by atoms with van der Waals surface area (Å²) in [6, 6.07) is 12.2. The van der Waals surface area contributed by atoms with Crippen LogP contribution in [0.15, 0.2) is 59.7 Å². The number of aromatic amines is 1. The van der Waals surface area contributed by atoms with E-state index in [9.17, 15) is 9.59 Å². The first-order valence-electron chi connectivity index (χ1n) is 8.19. The molecule has 2 aromatic heterocycles. The van der Waals surface area contributed by atoms with Gasteiger partial charge in [-0.1, -0.05) is 12.1 Å². The molecule has 3 aromatic rings. The fourth-order valence-corrected chi connectivity index (χ4v) is 2.43. The maximum absolute atomic E-state index is 12.1. The van der Waals surface area contributed by atoms with E-state index in [2.05, 4.69) is 15.3 Å². The number of rotatable bonds is 5. The van der Waals surface area contributed by atoms with E-state index in [0.29, 0.717) is 18.0 Å². The Balaban J connectivity index is 1.68. The minimum Gasteiger partial charge on any atom is -0.439 e. The zero-order valence-corrected chi connectivity index (χ0v) is 14.6. The molecule has 0 saturated heterocycles. The van der Waals surface area contributed by atoms with Crippen LogP contribution < -0.4 is 15.6 Å². The monoisotopic (exact) mass is 349 g/mol. The Bertz CT molecular complexity index is 995. The second kappa shape index (κ2) is 7.65. The van der Waals surface area contributed by atoms with Gasteiger partial charge in [-0.3, -0.25) is 9.59 Å². The molecule has 6 nitrogen and oxygen atoms in total. The van der Waals surface area contributed by atoms with Crippen LogP contribution in [-0.4, -0.2) is 15.9 Å². The largest absolute Gasteiger partial charge is 0.439 e. The predicted molar refractivity (Wildman–Crippen MR) is 98.5 cm³/mol. The van der Waals surface area contributed by atoms with E-state index < -0.39 is 0 Å². The van der Waals surface area contributed by atoms with Crippen LogP contribution in [0.2, 0.25) is 0 Å². The number of hydrogen-bond donors (Lipinski definition) is 2. The Morgan fingerprint density at radius 3 is 2.85 bits per heavy atom. The number of carbonyl (C=O) groups is 1. The van der Waals surface area contributed by atoms with Gasteiger partial charge in [0, 0.05) is 36.6 Å². The van der Waals surface area contributed by atoms with Crippen molar-refractivity contribution < 1.29 is 9.53 Å². The molecule has 1 aromatic carbocycles. The van der Waals surface area contributed by atoms with Crippen LogP contribution in [0.4, 0.5) is 0 Å². The molecule has 0 spiro atoms. The summed E-state index contributed by atoms with van der Waals surface area (Å²) in [5.41, 5.74) is 3.05. The summed E-state index contributed by atoms with van der Waals surface area (Å²) in [5, 5.41) is 2.78. The number of aromatic nitrogens is 2. The van der Waals surface area contributed by atoms with Crippen molar-refractivity contribution >= 4 is 5.91 Å². The molecule has 0 fully saturated rings. The Labute approximate surface area is 150 Å². The van der Waals surface area contributed by atoms with E-state index in [1.54, 1.807) is 24.4 Å². The van der Waals surface area contributed by atoms with Gasteiger partial charge >= 0.3 is 0 Å². The van der Waals surface area contributed by atoms with Crippen LogP contribution >= 0.6 is 0 Å². The van der Waals surface area contributed by atoms with Crippen LogP contribution in [0.25, 0.3) is 0 Å². The zero-order valence-electron chi connectivity index (χ0n) is 14.6. The molecule has 0 aliphatic carbocycles. The number of amides is 1. The average molecular weight is 349 g/mol. The summed E-state index contributed by atoms with van der Waals surface area (Å²) in [5.74, 6) is 0.897. The van der Waals surface area contributed by atoms with Gasteiger partial charge in [0.1, 0.15) is 5.75 Å². The number of pyridine rings is 2. The Morgan fingerprint density at radius 2 is 2.04 bits per heavy atom. The van der Waals surface area contributed by atoms with E-state index in [-0.39, 0.29) is 11.5 Å². The first-order chi connectivity index (χ1) is 12.5. The van der Waals surface area contributed by atoms with E-state index in [1.165, 1.54) is 12.3 Å². The Hall–Kier alpha value is -3.41. The number of ether oxygens (including phenoxy) is 1. The van der Waals surface area contributed by atoms with Crippen molar-refractivity contribution in [1.29, 1.82) is 0 Å². The van der Waals surface area contributed by atoms with Gasteiger partial charge in [-0.2, -0.15) is 0 Å². The molecule has 1 amide bonds. The van der Waals surface area contributed by atoms with Crippen LogP contribution in [0, 0.1) is 13.8 Å². The lowest BCUT2D eigenvalue weighted by Gasteiger charge is -2.11. The molecule has 0 atom stereocenters. The normalized spacial score (nSPS) is 10.4. The summed E-state index contributed by atoms with van der Waals surface area (Å²) in [4.78, 5) is 30.1. The maximum Gasteiger partial charge on any atom is 0.251 e. The first kappa shape index (κ1) is 17.4. The number of H-pyrrole nitrogens is 1. The number of aryl methyl sites for hydroxylation is 1. The second-order valence-electron chi connectivity index (χ2n) is 5.93. The highest BCUT2D eigenvalue weighted by molar-refractivity contribution is 5.93. The van der Waals surface area contributed by atoms with Gasteiger partial charge in [0.2, 0.25) is 11.4 Å². The van der Waals surface area contributed by atoms with Crippen LogP contribution in [0.5, 0.6) is 11.6 Å². The highest BCUT2D eigenvalue weighted by atomic mass is 16.5. The predicted octanol–water partition coefficient (Wildman–Crippen LogP) is 3.11. The minimum atomic E-state index is -0.315. The molecular formula is C20H19N3O3. The molecule has 0 aliphatic rings. The second-order valence-corrected chi connectivity index (χ2v) is 5.93. The average Bonchev–Trinajstić information content (AvgIpc) is 2.64. The summed E-state index contributed by atoms with van der Waals surface area (Å²) >= 11 is 0. The Morgan fingerprint density at radius 1 is 1.19 bits per heavy atom. The minimum absolute atomic E-state index is 0.303. The molecule has 2 heterocycles. The molecule has 26 heavy (non-hydrogen) atoms. The topological polar surface area (TPSA) is 84.1 Å². The lowest BCUT2D eigenvalue weighted by atomic mass is 10.1. The van der Waals surface area contributed by atoms with E-state index in [0.717, 1.165) is 22.4 Å². The van der Waals surface area contributed by atoms with Crippen molar-refractivity contribution in [1.82, 2.24) is 15.3 Å². The number of carbonyl (C=O) groups excluding carboxylic acids is 1. The van der Waals surface area contributed by atoms with E-state index in [4.69, 9.17) is 4.74 Å². The van der Waals surface area contributed by atoms with Gasteiger partial charge < -0.3 is 15.0 Å². The van der Waals surface area contributed by atoms with E-state index in [1.807, 2.05) is 32.0 Å². The summed E-state index contributed by atoms with van der Waals surface area (Å²) in [6.07, 6.45) is 3.08. The fraction of sp³-hybridized carbons (Fsp3) is 0.150. The van der Waals surface area contributed by atoms with Crippen LogP contribution in [0.1, 0.15) is 27.0 Å². The van der Waals surface area contributed by atoms with Crippen molar-refractivity contribution in [3.63, 3.8) is 0 Å². The number of nitrogens with zero attached hydrogens (tertiary/aromatic N) is 1. The van der Waals surface area contributed by atoms with Crippen molar-refractivity contribution in [2.24, 2.45) is 0 Å². The highest BCUT2D eigenvalue weighted by Crippen LogP contribution is 2.25. The molecular weight excluding hydrogens is 330 g/mol. The van der Waals surface area contributed by atoms with E-state index >= 15 is 0 Å². The third-order valence-corrected chi connectivity index (χ3v) is 4.06. The van der Waals surface area contributed by atoms with Gasteiger partial charge in [-0.15, -0.1) is 0 Å². The fourth-order valence-electron chi connectivity index (χ4n) is 2.43. The molecule has 3 rings (SSSR count). The SMILES string of the molecule is Cc1cccc(Oc2cc(CNC(=O)c3cc[nH]c(=O)c3)ccn2)c1C. The molecule has 0 radical (unpaired) electrons. The molecule has 0 aliphatic heterocycles. The van der Waals surface area contributed by atoms with Gasteiger partial charge in [0.15, 0.2) is 0 Å². The van der Waals surface area contributed by atoms with Gasteiger partial charge in [0.25, 0.3) is 5.91 Å². The number of nitrogens with one attached hydrogen (secondary N) is 2. The summed E-state index contributed by atoms with van der Waals surface area (Å²) in [6.45, 7) is 4.32. The number of hydrogen-bond acceptors (Lipinski definition) is 4. The smallest absolute Gasteiger partial charge is 0.251 e. The molecule has 6 heteroatoms. The van der Waals surface area contributed by atoms with Gasteiger partial charge in [0.05, 0.1) is 0 Å². The summed E-state index contributed by atoms with van der Waals surface area (Å²) < 4.78 is 5.87. The first-order valence-corrected chi connectivity index (χ1v) is 8.19. The maximum atomic E-state index is 12.1. The Kier molecular flexibility index (Phi) is 5.12. The quantitative estimate of drug-likeness (QED) is 0.741. The van der Waals surface area contributed by atoms with Crippen molar-refractivity contribution in [3.05, 3.63) is 87.5 Å². The lowest BCUT2D eigenvalue weighted by Crippen LogP contribution is -2.24. The van der Waals surface area contributed by atoms with Crippen molar-refractivity contribution in [2.75, 3.05) is 0 Å². The summed E-state index contributed by atoms with van der Waals surface area (Å²) in [7, 11) is 0. The molecule has 0 saturated carbocycles. The third-order valence-electron chi connectivity index (χ3n) is 4.06. The van der Waals surface area contributed by atoms with Crippen LogP contribution in [0.3, 0.4) is 0 Å². The molecule has 2 N–H and O–H groups in total. The zero-order chi connectivity index (χ0) is 18.5. The van der Waals surface area contributed by atoms with Gasteiger partial charge in [-0.05, 0) is 48.7 Å². The van der Waals surface area contributed by atoms with Crippen LogP contribution in [-0.2, 0) is 6.54 Å². The molecule has 0 unspecified atom stereocenters. The van der Waals surface area contributed by atoms with Gasteiger partial charge in [-0.25, -0.2) is 4.98 Å². The highest BCUT2D eigenvalue weighted by Gasteiger charge is 2.08. The standard InChI is InChI=1S/C20H19N3O3/c1-13-4-3-5-17(14(13)2)26-19-10-15(6-8-22-19)12-23-20(25)16-7-9-21-18(24)11-16/h3-11H,12H2,1-2H3,(H,21,24)(H,23,25).